The lowest BCUT2D eigenvalue weighted by Crippen LogP contribution is -2.33. The fourth-order valence-electron chi connectivity index (χ4n) is 1.23. The van der Waals surface area contributed by atoms with Gasteiger partial charge >= 0.3 is 12.1 Å². The van der Waals surface area contributed by atoms with Crippen molar-refractivity contribution in [3.63, 3.8) is 0 Å². The number of hydrogen-bond donors (Lipinski definition) is 2. The molecule has 2 N–H and O–H groups in total. The molecule has 0 aliphatic carbocycles. The number of rotatable bonds is 5. The number of hydrogen-bond acceptors (Lipinski definition) is 7. The molecular formula is C13H19NO7. The van der Waals surface area contributed by atoms with Crippen LogP contribution >= 0.6 is 0 Å². The van der Waals surface area contributed by atoms with E-state index < -0.39 is 30.2 Å². The first-order valence-corrected chi connectivity index (χ1v) is 6.41. The van der Waals surface area contributed by atoms with Crippen LogP contribution in [0.3, 0.4) is 0 Å². The van der Waals surface area contributed by atoms with E-state index >= 15 is 0 Å². The first kappa shape index (κ1) is 16.7. The van der Waals surface area contributed by atoms with Crippen LogP contribution in [0, 0.1) is 11.8 Å². The second-order valence-electron chi connectivity index (χ2n) is 5.01. The summed E-state index contributed by atoms with van der Waals surface area (Å²) in [6.45, 7) is 6.67. The molecule has 0 fully saturated rings. The average molecular weight is 301 g/mol. The minimum Gasteiger partial charge on any atom is -0.492 e. The summed E-state index contributed by atoms with van der Waals surface area (Å²) in [5, 5.41) is 18.7. The highest BCUT2D eigenvalue weighted by molar-refractivity contribution is 5.71. The molecule has 0 saturated carbocycles. The van der Waals surface area contributed by atoms with E-state index in [0.29, 0.717) is 4.73 Å². The van der Waals surface area contributed by atoms with Gasteiger partial charge < -0.3 is 19.7 Å². The third kappa shape index (κ3) is 4.59. The van der Waals surface area contributed by atoms with Crippen molar-refractivity contribution in [2.45, 2.75) is 34.0 Å². The molecule has 0 aromatic carbocycles. The van der Waals surface area contributed by atoms with E-state index in [4.69, 9.17) is 9.47 Å². The van der Waals surface area contributed by atoms with Crippen LogP contribution in [0.2, 0.25) is 0 Å². The minimum absolute atomic E-state index is 0.299. The molecule has 1 aromatic heterocycles. The zero-order valence-corrected chi connectivity index (χ0v) is 12.3. The maximum atomic E-state index is 11.6. The SMILES string of the molecule is CC(C)C(=O)O[C@@H](OC(=O)On1c(O)ccc1O)C(C)C. The Morgan fingerprint density at radius 1 is 1.05 bits per heavy atom. The Kier molecular flexibility index (Phi) is 5.45. The summed E-state index contributed by atoms with van der Waals surface area (Å²) in [7, 11) is 0. The summed E-state index contributed by atoms with van der Waals surface area (Å²) in [5.74, 6) is -2.15. The van der Waals surface area contributed by atoms with E-state index in [1.807, 2.05) is 0 Å². The maximum absolute atomic E-state index is 11.6. The first-order valence-electron chi connectivity index (χ1n) is 6.41. The third-order valence-electron chi connectivity index (χ3n) is 2.42. The Morgan fingerprint density at radius 3 is 2.00 bits per heavy atom. The van der Waals surface area contributed by atoms with Crippen molar-refractivity contribution in [1.29, 1.82) is 0 Å². The third-order valence-corrected chi connectivity index (χ3v) is 2.42. The van der Waals surface area contributed by atoms with Gasteiger partial charge in [-0.3, -0.25) is 9.63 Å². The molecule has 0 spiro atoms. The van der Waals surface area contributed by atoms with Gasteiger partial charge in [-0.05, 0) is 0 Å². The molecule has 1 heterocycles. The maximum Gasteiger partial charge on any atom is 0.537 e. The van der Waals surface area contributed by atoms with Gasteiger partial charge in [0.1, 0.15) is 0 Å². The van der Waals surface area contributed by atoms with Gasteiger partial charge in [0.2, 0.25) is 11.8 Å². The van der Waals surface area contributed by atoms with Crippen molar-refractivity contribution < 1.29 is 34.1 Å². The summed E-state index contributed by atoms with van der Waals surface area (Å²) in [5.41, 5.74) is 0. The Hall–Kier alpha value is -2.38. The fourth-order valence-corrected chi connectivity index (χ4v) is 1.23. The van der Waals surface area contributed by atoms with Crippen LogP contribution in [0.5, 0.6) is 11.8 Å². The zero-order valence-electron chi connectivity index (χ0n) is 12.3. The molecule has 1 rings (SSSR count). The number of ether oxygens (including phenoxy) is 2. The highest BCUT2D eigenvalue weighted by Crippen LogP contribution is 2.19. The van der Waals surface area contributed by atoms with Gasteiger partial charge in [-0.15, -0.1) is 4.73 Å². The van der Waals surface area contributed by atoms with Gasteiger partial charge in [0, 0.05) is 18.1 Å². The molecule has 0 aliphatic rings. The van der Waals surface area contributed by atoms with E-state index in [0.717, 1.165) is 12.1 Å². The smallest absolute Gasteiger partial charge is 0.492 e. The topological polar surface area (TPSA) is 107 Å². The van der Waals surface area contributed by atoms with Crippen molar-refractivity contribution in [3.05, 3.63) is 12.1 Å². The monoisotopic (exact) mass is 301 g/mol. The lowest BCUT2D eigenvalue weighted by molar-refractivity contribution is -0.183. The van der Waals surface area contributed by atoms with Gasteiger partial charge in [-0.25, -0.2) is 4.79 Å². The molecule has 0 amide bonds. The van der Waals surface area contributed by atoms with Crippen molar-refractivity contribution in [1.82, 2.24) is 4.73 Å². The summed E-state index contributed by atoms with van der Waals surface area (Å²) >= 11 is 0. The average Bonchev–Trinajstić information content (AvgIpc) is 2.69. The van der Waals surface area contributed by atoms with Gasteiger partial charge in [-0.2, -0.15) is 0 Å². The number of nitrogens with zero attached hydrogens (tertiary/aromatic N) is 1. The van der Waals surface area contributed by atoms with E-state index in [1.54, 1.807) is 27.7 Å². The number of carbonyl (C=O) groups excluding carboxylic acids is 2. The molecule has 8 nitrogen and oxygen atoms in total. The number of carbonyl (C=O) groups is 2. The molecule has 0 saturated heterocycles. The van der Waals surface area contributed by atoms with Gasteiger partial charge in [0.25, 0.3) is 6.29 Å². The van der Waals surface area contributed by atoms with Crippen LogP contribution in [-0.4, -0.2) is 33.4 Å². The second kappa shape index (κ2) is 6.87. The van der Waals surface area contributed by atoms with Crippen LogP contribution in [0.15, 0.2) is 12.1 Å². The normalized spacial score (nSPS) is 12.3. The number of aromatic hydroxyl groups is 2. The second-order valence-corrected chi connectivity index (χ2v) is 5.01. The largest absolute Gasteiger partial charge is 0.537 e. The van der Waals surface area contributed by atoms with E-state index in [9.17, 15) is 19.8 Å². The van der Waals surface area contributed by atoms with Crippen molar-refractivity contribution in [3.8, 4) is 11.8 Å². The van der Waals surface area contributed by atoms with Crippen molar-refractivity contribution in [2.24, 2.45) is 11.8 Å². The Labute approximate surface area is 121 Å². The highest BCUT2D eigenvalue weighted by atomic mass is 16.9. The van der Waals surface area contributed by atoms with Gasteiger partial charge in [0.15, 0.2) is 0 Å². The molecule has 1 atom stereocenters. The summed E-state index contributed by atoms with van der Waals surface area (Å²) in [6, 6.07) is 2.25. The predicted octanol–water partition coefficient (Wildman–Crippen LogP) is 1.65. The lowest BCUT2D eigenvalue weighted by Gasteiger charge is -2.21. The molecular weight excluding hydrogens is 282 g/mol. The Morgan fingerprint density at radius 2 is 1.57 bits per heavy atom. The van der Waals surface area contributed by atoms with E-state index in [2.05, 4.69) is 4.84 Å². The molecule has 0 bridgehead atoms. The van der Waals surface area contributed by atoms with Crippen LogP contribution in [0.25, 0.3) is 0 Å². The molecule has 0 radical (unpaired) electrons. The number of aromatic nitrogens is 1. The van der Waals surface area contributed by atoms with Crippen molar-refractivity contribution in [2.75, 3.05) is 0 Å². The first-order chi connectivity index (χ1) is 9.72. The molecule has 8 heteroatoms. The summed E-state index contributed by atoms with van der Waals surface area (Å²) in [4.78, 5) is 27.7. The molecule has 118 valence electrons. The lowest BCUT2D eigenvalue weighted by atomic mass is 10.2. The summed E-state index contributed by atoms with van der Waals surface area (Å²) < 4.78 is 10.4. The van der Waals surface area contributed by atoms with E-state index in [-0.39, 0.29) is 11.8 Å². The summed E-state index contributed by atoms with van der Waals surface area (Å²) in [6.07, 6.45) is -2.36. The Bertz CT molecular complexity index is 487. The number of esters is 1. The van der Waals surface area contributed by atoms with Gasteiger partial charge in [-0.1, -0.05) is 27.7 Å². The quantitative estimate of drug-likeness (QED) is 0.629. The van der Waals surface area contributed by atoms with Crippen LogP contribution in [0.1, 0.15) is 27.7 Å². The molecule has 0 aliphatic heterocycles. The highest BCUT2D eigenvalue weighted by Gasteiger charge is 2.26. The zero-order chi connectivity index (χ0) is 16.2. The predicted molar refractivity (Wildman–Crippen MR) is 70.4 cm³/mol. The molecule has 21 heavy (non-hydrogen) atoms. The van der Waals surface area contributed by atoms with E-state index in [1.165, 1.54) is 0 Å². The van der Waals surface area contributed by atoms with Crippen LogP contribution < -0.4 is 4.84 Å². The van der Waals surface area contributed by atoms with Crippen LogP contribution in [0.4, 0.5) is 4.79 Å². The minimum atomic E-state index is -1.23. The Balaban J connectivity index is 2.67. The van der Waals surface area contributed by atoms with Gasteiger partial charge in [0.05, 0.1) is 5.92 Å². The molecule has 0 unspecified atom stereocenters. The fraction of sp³-hybridized carbons (Fsp3) is 0.538. The van der Waals surface area contributed by atoms with Crippen LogP contribution in [-0.2, 0) is 14.3 Å². The molecule has 1 aromatic rings. The standard InChI is InChI=1S/C13H19NO7/c1-7(2)11(17)19-12(8(3)4)20-13(18)21-14-9(15)5-6-10(14)16/h5-8,12,15-16H,1-4H3/t12-/m0/s1. The van der Waals surface area contributed by atoms with Crippen molar-refractivity contribution >= 4 is 12.1 Å².